The van der Waals surface area contributed by atoms with Crippen LogP contribution in [0.15, 0.2) is 24.4 Å². The monoisotopic (exact) mass is 419 g/mol. The Morgan fingerprint density at radius 3 is 1.71 bits per heavy atom. The fraction of sp³-hybridized carbons (Fsp3) is 0.286. The molecule has 0 aromatic carbocycles. The minimum Gasteiger partial charge on any atom is -1.00 e. The average molecular weight is 420 g/mol. The molecule has 1 rings (SSSR count). The molecule has 6 N–H and O–H groups in total. The quantitative estimate of drug-likeness (QED) is 0.422. The van der Waals surface area contributed by atoms with Crippen LogP contribution in [0, 0.1) is 0 Å². The Hall–Kier alpha value is 0.138. The minimum absolute atomic E-state index is 0. The molecule has 86 valence electrons. The van der Waals surface area contributed by atoms with Crippen molar-refractivity contribution < 1.29 is 45.9 Å². The third kappa shape index (κ3) is 18.0. The number of hydrogen-bond donors (Lipinski definition) is 3. The van der Waals surface area contributed by atoms with Gasteiger partial charge in [-0.3, -0.25) is 0 Å². The molecule has 0 unspecified atom stereocenters. The van der Waals surface area contributed by atoms with Gasteiger partial charge in [0, 0.05) is 19.3 Å². The summed E-state index contributed by atoms with van der Waals surface area (Å²) in [5.41, 5.74) is 15.1. The number of anilines is 1. The zero-order valence-corrected chi connectivity index (χ0v) is 11.3. The number of pyridine rings is 1. The van der Waals surface area contributed by atoms with Crippen molar-refractivity contribution in [2.24, 2.45) is 11.5 Å². The number of halogens is 2. The van der Waals surface area contributed by atoms with Gasteiger partial charge in [0.1, 0.15) is 5.82 Å². The molecule has 0 atom stereocenters. The van der Waals surface area contributed by atoms with Crippen LogP contribution in [0.25, 0.3) is 0 Å². The molecule has 0 amide bonds. The van der Waals surface area contributed by atoms with Gasteiger partial charge in [0.25, 0.3) is 0 Å². The summed E-state index contributed by atoms with van der Waals surface area (Å²) >= 11 is 0. The first-order valence-electron chi connectivity index (χ1n) is 3.38. The van der Waals surface area contributed by atoms with E-state index in [0.717, 1.165) is 0 Å². The maximum atomic E-state index is 5.25. The van der Waals surface area contributed by atoms with Gasteiger partial charge < -0.3 is 42.0 Å². The van der Waals surface area contributed by atoms with Crippen LogP contribution in [0.1, 0.15) is 0 Å². The summed E-state index contributed by atoms with van der Waals surface area (Å²) in [5.74, 6) is 0.572. The van der Waals surface area contributed by atoms with E-state index >= 15 is 0 Å². The fourth-order valence-electron chi connectivity index (χ4n) is 0.376. The van der Waals surface area contributed by atoms with Crippen molar-refractivity contribution in [2.75, 3.05) is 18.8 Å². The van der Waals surface area contributed by atoms with Gasteiger partial charge in [-0.1, -0.05) is 6.07 Å². The zero-order valence-electron chi connectivity index (χ0n) is 7.48. The van der Waals surface area contributed by atoms with E-state index in [2.05, 4.69) is 4.98 Å². The molecule has 4 nitrogen and oxygen atoms in total. The fourth-order valence-corrected chi connectivity index (χ4v) is 0.376. The number of nitrogens with two attached hydrogens (primary N) is 3. The number of nitrogen functional groups attached to an aromatic ring is 1. The van der Waals surface area contributed by atoms with Crippen molar-refractivity contribution in [3.05, 3.63) is 24.4 Å². The first-order valence-corrected chi connectivity index (χ1v) is 3.38. The van der Waals surface area contributed by atoms with Gasteiger partial charge in [0.2, 0.25) is 0 Å². The molecule has 1 aromatic rings. The molecule has 1 aromatic heterocycles. The molecule has 0 saturated carbocycles. The SMILES string of the molecule is NCCN.Nc1ccccn1.[Cl-].[Cl-].[Pt+2]. The Kier molecular flexibility index (Phi) is 31.9. The van der Waals surface area contributed by atoms with Crippen molar-refractivity contribution in [3.63, 3.8) is 0 Å². The Morgan fingerprint density at radius 1 is 1.07 bits per heavy atom. The Bertz CT molecular complexity index is 175. The number of rotatable bonds is 1. The van der Waals surface area contributed by atoms with Crippen molar-refractivity contribution in [1.82, 2.24) is 4.98 Å². The second-order valence-electron chi connectivity index (χ2n) is 1.83. The summed E-state index contributed by atoms with van der Waals surface area (Å²) in [4.78, 5) is 3.76. The predicted octanol–water partition coefficient (Wildman–Crippen LogP) is -6.43. The van der Waals surface area contributed by atoms with E-state index in [0.29, 0.717) is 18.9 Å². The van der Waals surface area contributed by atoms with Crippen molar-refractivity contribution >= 4 is 5.82 Å². The van der Waals surface area contributed by atoms with E-state index in [9.17, 15) is 0 Å². The van der Waals surface area contributed by atoms with Gasteiger partial charge in [-0.25, -0.2) is 4.98 Å². The Labute approximate surface area is 111 Å². The van der Waals surface area contributed by atoms with Gasteiger partial charge in [0.05, 0.1) is 0 Å². The maximum Gasteiger partial charge on any atom is 2.00 e. The summed E-state index contributed by atoms with van der Waals surface area (Å²) in [5, 5.41) is 0. The van der Waals surface area contributed by atoms with Crippen LogP contribution in [-0.4, -0.2) is 18.1 Å². The van der Waals surface area contributed by atoms with E-state index in [-0.39, 0.29) is 45.9 Å². The Morgan fingerprint density at radius 2 is 1.57 bits per heavy atom. The van der Waals surface area contributed by atoms with E-state index in [1.807, 2.05) is 12.1 Å². The van der Waals surface area contributed by atoms with Crippen molar-refractivity contribution in [1.29, 1.82) is 0 Å². The molecular weight excluding hydrogens is 406 g/mol. The van der Waals surface area contributed by atoms with Crippen molar-refractivity contribution in [2.45, 2.75) is 0 Å². The molecule has 0 aliphatic carbocycles. The smallest absolute Gasteiger partial charge is 1.00 e. The predicted molar refractivity (Wildman–Crippen MR) is 46.8 cm³/mol. The van der Waals surface area contributed by atoms with Crippen LogP contribution < -0.4 is 42.0 Å². The van der Waals surface area contributed by atoms with Crippen LogP contribution in [0.4, 0.5) is 5.82 Å². The molecule has 0 aliphatic heterocycles. The third-order valence-electron chi connectivity index (χ3n) is 0.854. The van der Waals surface area contributed by atoms with E-state index < -0.39 is 0 Å². The molecule has 7 heteroatoms. The average Bonchev–Trinajstić information content (AvgIpc) is 2.07. The van der Waals surface area contributed by atoms with E-state index in [4.69, 9.17) is 17.2 Å². The van der Waals surface area contributed by atoms with Gasteiger partial charge in [-0.15, -0.1) is 0 Å². The van der Waals surface area contributed by atoms with E-state index in [1.165, 1.54) is 0 Å². The largest absolute Gasteiger partial charge is 2.00 e. The van der Waals surface area contributed by atoms with E-state index in [1.54, 1.807) is 12.3 Å². The van der Waals surface area contributed by atoms with Crippen LogP contribution >= 0.6 is 0 Å². The van der Waals surface area contributed by atoms with Gasteiger partial charge >= 0.3 is 21.1 Å². The molecule has 0 aliphatic rings. The molecule has 0 bridgehead atoms. The summed E-state index contributed by atoms with van der Waals surface area (Å²) in [6.07, 6.45) is 1.66. The van der Waals surface area contributed by atoms with Crippen LogP contribution in [0.5, 0.6) is 0 Å². The number of nitrogens with zero attached hydrogens (tertiary/aromatic N) is 1. The maximum absolute atomic E-state index is 5.25. The van der Waals surface area contributed by atoms with Gasteiger partial charge in [0.15, 0.2) is 0 Å². The number of hydrogen-bond acceptors (Lipinski definition) is 4. The second kappa shape index (κ2) is 18.8. The molecule has 0 saturated heterocycles. The van der Waals surface area contributed by atoms with Crippen LogP contribution in [-0.2, 0) is 21.1 Å². The van der Waals surface area contributed by atoms with Gasteiger partial charge in [-0.2, -0.15) is 0 Å². The first-order chi connectivity index (χ1) is 5.31. The summed E-state index contributed by atoms with van der Waals surface area (Å²) in [6.45, 7) is 1.19. The minimum atomic E-state index is 0. The standard InChI is InChI=1S/C5H6N2.C2H8N2.2ClH.Pt/c6-5-3-1-2-4-7-5;3-1-2-4;;;/h1-4H,(H2,6,7);1-4H2;2*1H;/q;;;;+2/p-2. The summed E-state index contributed by atoms with van der Waals surface area (Å²) < 4.78 is 0. The summed E-state index contributed by atoms with van der Waals surface area (Å²) in [6, 6.07) is 5.43. The molecule has 1 heterocycles. The molecule has 14 heavy (non-hydrogen) atoms. The Balaban J connectivity index is -0.0000000650. The third-order valence-corrected chi connectivity index (χ3v) is 0.854. The van der Waals surface area contributed by atoms with Gasteiger partial charge in [-0.05, 0) is 12.1 Å². The molecule has 0 spiro atoms. The summed E-state index contributed by atoms with van der Waals surface area (Å²) in [7, 11) is 0. The number of aromatic nitrogens is 1. The zero-order chi connectivity index (χ0) is 8.53. The topological polar surface area (TPSA) is 91.0 Å². The van der Waals surface area contributed by atoms with Crippen molar-refractivity contribution in [3.8, 4) is 0 Å². The molecule has 0 radical (unpaired) electrons. The molecule has 0 fully saturated rings. The van der Waals surface area contributed by atoms with Crippen LogP contribution in [0.2, 0.25) is 0 Å². The second-order valence-corrected chi connectivity index (χ2v) is 1.83. The normalized spacial score (nSPS) is 6.43. The molecular formula is C7H14Cl2N4Pt. The first kappa shape index (κ1) is 23.7. The van der Waals surface area contributed by atoms with Crippen LogP contribution in [0.3, 0.4) is 0 Å².